The highest BCUT2D eigenvalue weighted by Crippen LogP contribution is 2.30. The molecule has 24 heavy (non-hydrogen) atoms. The van der Waals surface area contributed by atoms with Gasteiger partial charge in [-0.1, -0.05) is 56.3 Å². The summed E-state index contributed by atoms with van der Waals surface area (Å²) in [6.45, 7) is 4.00. The molecule has 3 nitrogen and oxygen atoms in total. The number of carbonyl (C=O) groups is 1. The Morgan fingerprint density at radius 3 is 2.17 bits per heavy atom. The first-order chi connectivity index (χ1) is 11.8. The Balaban J connectivity index is 0.000000219. The van der Waals surface area contributed by atoms with Crippen molar-refractivity contribution in [3.63, 3.8) is 0 Å². The normalized spacial score (nSPS) is 12.2. The lowest BCUT2D eigenvalue weighted by molar-refractivity contribution is -0.117. The van der Waals surface area contributed by atoms with E-state index in [2.05, 4.69) is 10.3 Å². The van der Waals surface area contributed by atoms with E-state index in [1.807, 2.05) is 80.7 Å². The van der Waals surface area contributed by atoms with Gasteiger partial charge in [0.15, 0.2) is 0 Å². The van der Waals surface area contributed by atoms with Crippen molar-refractivity contribution in [2.75, 3.05) is 5.32 Å². The van der Waals surface area contributed by atoms with Crippen molar-refractivity contribution in [2.45, 2.75) is 26.7 Å². The summed E-state index contributed by atoms with van der Waals surface area (Å²) in [6.07, 6.45) is 5.64. The van der Waals surface area contributed by atoms with E-state index in [0.717, 1.165) is 29.3 Å². The molecular formula is C21H24N2O. The van der Waals surface area contributed by atoms with E-state index in [1.165, 1.54) is 0 Å². The Morgan fingerprint density at radius 2 is 1.58 bits per heavy atom. The zero-order valence-corrected chi connectivity index (χ0v) is 14.3. The Bertz CT molecular complexity index is 725. The third kappa shape index (κ3) is 5.51. The van der Waals surface area contributed by atoms with Crippen LogP contribution in [0.15, 0.2) is 73.1 Å². The monoisotopic (exact) mass is 320 g/mol. The van der Waals surface area contributed by atoms with Gasteiger partial charge in [-0.2, -0.15) is 0 Å². The molecule has 3 aromatic rings. The maximum atomic E-state index is 11.6. The van der Waals surface area contributed by atoms with E-state index in [-0.39, 0.29) is 11.8 Å². The minimum absolute atomic E-state index is 0.147. The fourth-order valence-electron chi connectivity index (χ4n) is 2.14. The second-order valence-electron chi connectivity index (χ2n) is 5.36. The van der Waals surface area contributed by atoms with Gasteiger partial charge in [-0.25, -0.2) is 0 Å². The molecule has 0 spiro atoms. The SMILES string of the molecule is CC.O=C(Nc1ccc2cnccc2c1)C1CC1.c1ccccc1. The van der Waals surface area contributed by atoms with Gasteiger partial charge in [0.1, 0.15) is 0 Å². The number of rotatable bonds is 2. The van der Waals surface area contributed by atoms with Crippen molar-refractivity contribution in [3.05, 3.63) is 73.1 Å². The van der Waals surface area contributed by atoms with Crippen LogP contribution in [0.4, 0.5) is 5.69 Å². The number of hydrogen-bond acceptors (Lipinski definition) is 2. The number of nitrogens with zero attached hydrogens (tertiary/aromatic N) is 1. The van der Waals surface area contributed by atoms with Gasteiger partial charge in [0.05, 0.1) is 0 Å². The molecule has 1 aliphatic carbocycles. The highest BCUT2D eigenvalue weighted by molar-refractivity contribution is 5.96. The number of carbonyl (C=O) groups excluding carboxylic acids is 1. The number of aromatic nitrogens is 1. The van der Waals surface area contributed by atoms with Crippen molar-refractivity contribution < 1.29 is 4.79 Å². The third-order valence-corrected chi connectivity index (χ3v) is 3.52. The predicted octanol–water partition coefficient (Wildman–Crippen LogP) is 5.30. The molecule has 0 bridgehead atoms. The zero-order valence-electron chi connectivity index (χ0n) is 14.3. The molecule has 4 rings (SSSR count). The summed E-state index contributed by atoms with van der Waals surface area (Å²) in [7, 11) is 0. The lowest BCUT2D eigenvalue weighted by atomic mass is 10.1. The molecule has 124 valence electrons. The van der Waals surface area contributed by atoms with Crippen molar-refractivity contribution in [2.24, 2.45) is 5.92 Å². The minimum Gasteiger partial charge on any atom is -0.326 e. The summed E-state index contributed by atoms with van der Waals surface area (Å²) in [6, 6.07) is 19.8. The van der Waals surface area contributed by atoms with Gasteiger partial charge in [-0.15, -0.1) is 0 Å². The number of pyridine rings is 1. The third-order valence-electron chi connectivity index (χ3n) is 3.52. The Kier molecular flexibility index (Phi) is 6.96. The number of amides is 1. The van der Waals surface area contributed by atoms with Crippen LogP contribution in [0.1, 0.15) is 26.7 Å². The molecule has 0 radical (unpaired) electrons. The summed E-state index contributed by atoms with van der Waals surface area (Å²) < 4.78 is 0. The Morgan fingerprint density at radius 1 is 0.958 bits per heavy atom. The van der Waals surface area contributed by atoms with Crippen LogP contribution in [-0.4, -0.2) is 10.9 Å². The molecule has 1 amide bonds. The highest BCUT2D eigenvalue weighted by Gasteiger charge is 2.29. The molecule has 1 heterocycles. The largest absolute Gasteiger partial charge is 0.326 e. The molecule has 0 atom stereocenters. The van der Waals surface area contributed by atoms with E-state index in [1.54, 1.807) is 6.20 Å². The van der Waals surface area contributed by atoms with Gasteiger partial charge in [-0.05, 0) is 36.4 Å². The van der Waals surface area contributed by atoms with Crippen LogP contribution >= 0.6 is 0 Å². The number of benzene rings is 2. The second-order valence-corrected chi connectivity index (χ2v) is 5.36. The standard InChI is InChI=1S/C13H12N2O.C6H6.C2H6/c16-13(9-1-2-9)15-12-4-3-11-8-14-6-5-10(11)7-12;1-2-4-6-5-3-1;1-2/h3-9H,1-2H2,(H,15,16);1-6H;1-2H3. The molecule has 1 aromatic heterocycles. The number of hydrogen-bond donors (Lipinski definition) is 1. The predicted molar refractivity (Wildman–Crippen MR) is 101 cm³/mol. The average molecular weight is 320 g/mol. The van der Waals surface area contributed by atoms with Gasteiger partial charge in [0.2, 0.25) is 5.91 Å². The van der Waals surface area contributed by atoms with Crippen LogP contribution in [0.2, 0.25) is 0 Å². The van der Waals surface area contributed by atoms with E-state index in [0.29, 0.717) is 0 Å². The summed E-state index contributed by atoms with van der Waals surface area (Å²) in [4.78, 5) is 15.6. The first-order valence-corrected chi connectivity index (χ1v) is 8.47. The zero-order chi connectivity index (χ0) is 17.2. The van der Waals surface area contributed by atoms with Crippen molar-refractivity contribution in [1.82, 2.24) is 4.98 Å². The smallest absolute Gasteiger partial charge is 0.227 e. The molecule has 3 heteroatoms. The quantitative estimate of drug-likeness (QED) is 0.696. The number of fused-ring (bicyclic) bond motifs is 1. The number of nitrogens with one attached hydrogen (secondary N) is 1. The van der Waals surface area contributed by atoms with Crippen molar-refractivity contribution >= 4 is 22.4 Å². The first kappa shape index (κ1) is 17.7. The number of anilines is 1. The summed E-state index contributed by atoms with van der Waals surface area (Å²) in [5.74, 6) is 0.390. The van der Waals surface area contributed by atoms with Crippen LogP contribution in [0.3, 0.4) is 0 Å². The lowest BCUT2D eigenvalue weighted by Gasteiger charge is -2.05. The molecule has 2 aromatic carbocycles. The molecule has 1 N–H and O–H groups in total. The van der Waals surface area contributed by atoms with Crippen molar-refractivity contribution in [3.8, 4) is 0 Å². The van der Waals surface area contributed by atoms with Crippen LogP contribution < -0.4 is 5.32 Å². The average Bonchev–Trinajstić information content (AvgIpc) is 3.51. The van der Waals surface area contributed by atoms with E-state index < -0.39 is 0 Å². The summed E-state index contributed by atoms with van der Waals surface area (Å²) >= 11 is 0. The van der Waals surface area contributed by atoms with Crippen LogP contribution in [-0.2, 0) is 4.79 Å². The fraction of sp³-hybridized carbons (Fsp3) is 0.238. The van der Waals surface area contributed by atoms with E-state index in [9.17, 15) is 4.79 Å². The van der Waals surface area contributed by atoms with Gasteiger partial charge in [-0.3, -0.25) is 9.78 Å². The lowest BCUT2D eigenvalue weighted by Crippen LogP contribution is -2.12. The van der Waals surface area contributed by atoms with E-state index in [4.69, 9.17) is 0 Å². The van der Waals surface area contributed by atoms with Crippen LogP contribution in [0, 0.1) is 5.92 Å². The Hall–Kier alpha value is -2.68. The molecule has 1 saturated carbocycles. The van der Waals surface area contributed by atoms with Gasteiger partial charge in [0.25, 0.3) is 0 Å². The van der Waals surface area contributed by atoms with E-state index >= 15 is 0 Å². The summed E-state index contributed by atoms with van der Waals surface area (Å²) in [5.41, 5.74) is 0.871. The topological polar surface area (TPSA) is 42.0 Å². The van der Waals surface area contributed by atoms with Crippen LogP contribution in [0.25, 0.3) is 10.8 Å². The molecule has 1 fully saturated rings. The highest BCUT2D eigenvalue weighted by atomic mass is 16.2. The molecule has 1 aliphatic rings. The second kappa shape index (κ2) is 9.46. The molecule has 0 aliphatic heterocycles. The molecular weight excluding hydrogens is 296 g/mol. The molecule has 0 unspecified atom stereocenters. The maximum absolute atomic E-state index is 11.6. The van der Waals surface area contributed by atoms with Gasteiger partial charge >= 0.3 is 0 Å². The minimum atomic E-state index is 0.147. The maximum Gasteiger partial charge on any atom is 0.227 e. The van der Waals surface area contributed by atoms with Gasteiger partial charge in [0, 0.05) is 29.4 Å². The van der Waals surface area contributed by atoms with Crippen LogP contribution in [0.5, 0.6) is 0 Å². The van der Waals surface area contributed by atoms with Crippen molar-refractivity contribution in [1.29, 1.82) is 0 Å². The summed E-state index contributed by atoms with van der Waals surface area (Å²) in [5, 5.41) is 5.13. The fourth-order valence-corrected chi connectivity index (χ4v) is 2.14. The van der Waals surface area contributed by atoms with Gasteiger partial charge < -0.3 is 5.32 Å². The Labute approximate surface area is 143 Å². The first-order valence-electron chi connectivity index (χ1n) is 8.47. The molecule has 0 saturated heterocycles.